The molecule has 0 aromatic carbocycles. The summed E-state index contributed by atoms with van der Waals surface area (Å²) in [5, 5.41) is 7.44. The summed E-state index contributed by atoms with van der Waals surface area (Å²) in [6.07, 6.45) is 8.73. The average Bonchev–Trinajstić information content (AvgIpc) is 2.97. The van der Waals surface area contributed by atoms with E-state index >= 15 is 0 Å². The van der Waals surface area contributed by atoms with Crippen LogP contribution in [0.15, 0.2) is 12.4 Å². The van der Waals surface area contributed by atoms with E-state index in [1.807, 2.05) is 20.3 Å². The van der Waals surface area contributed by atoms with Crippen molar-refractivity contribution in [1.29, 1.82) is 0 Å². The van der Waals surface area contributed by atoms with E-state index in [2.05, 4.69) is 10.4 Å². The smallest absolute Gasteiger partial charge is 0.236 e. The molecule has 1 amide bonds. The summed E-state index contributed by atoms with van der Waals surface area (Å²) in [6.45, 7) is 1.07. The van der Waals surface area contributed by atoms with Gasteiger partial charge >= 0.3 is 0 Å². The van der Waals surface area contributed by atoms with Gasteiger partial charge in [0.15, 0.2) is 0 Å². The zero-order valence-electron chi connectivity index (χ0n) is 11.2. The molecule has 1 fully saturated rings. The first kappa shape index (κ1) is 13.1. The number of aryl methyl sites for hydroxylation is 1. The summed E-state index contributed by atoms with van der Waals surface area (Å²) in [6, 6.07) is 0.542. The van der Waals surface area contributed by atoms with Crippen molar-refractivity contribution >= 4 is 5.91 Å². The molecule has 2 rings (SSSR count). The van der Waals surface area contributed by atoms with Crippen LogP contribution in [0.1, 0.15) is 31.2 Å². The number of carbonyl (C=O) groups is 1. The molecule has 0 radical (unpaired) electrons. The molecule has 0 spiro atoms. The molecule has 0 atom stereocenters. The lowest BCUT2D eigenvalue weighted by Gasteiger charge is -2.18. The summed E-state index contributed by atoms with van der Waals surface area (Å²) < 4.78 is 1.75. The van der Waals surface area contributed by atoms with Crippen LogP contribution in [0.4, 0.5) is 0 Å². The molecule has 0 unspecified atom stereocenters. The largest absolute Gasteiger partial charge is 0.340 e. The van der Waals surface area contributed by atoms with Crippen molar-refractivity contribution in [1.82, 2.24) is 20.0 Å². The Hall–Kier alpha value is -1.36. The lowest BCUT2D eigenvalue weighted by Crippen LogP contribution is -2.38. The maximum absolute atomic E-state index is 11.9. The number of likely N-dealkylation sites (N-methyl/N-ethyl adjacent to an activating group) is 1. The van der Waals surface area contributed by atoms with E-state index in [0.717, 1.165) is 5.56 Å². The highest BCUT2D eigenvalue weighted by molar-refractivity contribution is 5.77. The van der Waals surface area contributed by atoms with E-state index < -0.39 is 0 Å². The van der Waals surface area contributed by atoms with Gasteiger partial charge in [0.25, 0.3) is 0 Å². The van der Waals surface area contributed by atoms with Gasteiger partial charge in [0.05, 0.1) is 12.7 Å². The van der Waals surface area contributed by atoms with Crippen molar-refractivity contribution < 1.29 is 4.79 Å². The van der Waals surface area contributed by atoms with Gasteiger partial charge in [0.2, 0.25) is 5.91 Å². The molecule has 1 aromatic heterocycles. The van der Waals surface area contributed by atoms with E-state index in [0.29, 0.717) is 19.1 Å². The summed E-state index contributed by atoms with van der Waals surface area (Å²) in [5.41, 5.74) is 1.06. The lowest BCUT2D eigenvalue weighted by atomic mass is 10.2. The standard InChI is InChI=1S/C13H22N4O/c1-16(9-11-7-15-17(2)10-11)13(18)8-14-12-5-3-4-6-12/h7,10,12,14H,3-6,8-9H2,1-2H3. The van der Waals surface area contributed by atoms with E-state index in [1.54, 1.807) is 15.8 Å². The van der Waals surface area contributed by atoms with Crippen LogP contribution in [0.5, 0.6) is 0 Å². The molecular formula is C13H22N4O. The molecule has 1 aliphatic rings. The fraction of sp³-hybridized carbons (Fsp3) is 0.692. The SMILES string of the molecule is CN(Cc1cnn(C)c1)C(=O)CNC1CCCC1. The number of nitrogens with zero attached hydrogens (tertiary/aromatic N) is 3. The minimum absolute atomic E-state index is 0.144. The first-order valence-electron chi connectivity index (χ1n) is 6.60. The van der Waals surface area contributed by atoms with Gasteiger partial charge in [-0.25, -0.2) is 0 Å². The molecule has 1 heterocycles. The zero-order chi connectivity index (χ0) is 13.0. The molecule has 1 saturated carbocycles. The van der Waals surface area contributed by atoms with Crippen LogP contribution in [0, 0.1) is 0 Å². The lowest BCUT2D eigenvalue weighted by molar-refractivity contribution is -0.129. The van der Waals surface area contributed by atoms with Gasteiger partial charge in [-0.3, -0.25) is 9.48 Å². The molecule has 5 heteroatoms. The monoisotopic (exact) mass is 250 g/mol. The third-order valence-electron chi connectivity index (χ3n) is 3.50. The van der Waals surface area contributed by atoms with Gasteiger partial charge in [-0.15, -0.1) is 0 Å². The third-order valence-corrected chi connectivity index (χ3v) is 3.50. The van der Waals surface area contributed by atoms with Crippen LogP contribution < -0.4 is 5.32 Å². The number of hydrogen-bond acceptors (Lipinski definition) is 3. The Kier molecular flexibility index (Phi) is 4.36. The van der Waals surface area contributed by atoms with Crippen molar-refractivity contribution in [2.75, 3.05) is 13.6 Å². The maximum Gasteiger partial charge on any atom is 0.236 e. The topological polar surface area (TPSA) is 50.2 Å². The molecule has 100 valence electrons. The van der Waals surface area contributed by atoms with Crippen molar-refractivity contribution in [3.05, 3.63) is 18.0 Å². The molecular weight excluding hydrogens is 228 g/mol. The molecule has 1 N–H and O–H groups in total. The minimum atomic E-state index is 0.144. The van der Waals surface area contributed by atoms with Crippen LogP contribution in [0.3, 0.4) is 0 Å². The quantitative estimate of drug-likeness (QED) is 0.845. The number of nitrogens with one attached hydrogen (secondary N) is 1. The van der Waals surface area contributed by atoms with Crippen LogP contribution in [0.25, 0.3) is 0 Å². The second kappa shape index (κ2) is 6.00. The van der Waals surface area contributed by atoms with E-state index in [4.69, 9.17) is 0 Å². The summed E-state index contributed by atoms with van der Waals surface area (Å²) in [4.78, 5) is 13.7. The number of carbonyl (C=O) groups excluding carboxylic acids is 1. The van der Waals surface area contributed by atoms with Gasteiger partial charge in [-0.1, -0.05) is 12.8 Å². The highest BCUT2D eigenvalue weighted by Crippen LogP contribution is 2.17. The molecule has 5 nitrogen and oxygen atoms in total. The van der Waals surface area contributed by atoms with Crippen molar-refractivity contribution in [2.45, 2.75) is 38.3 Å². The Balaban J connectivity index is 1.74. The Morgan fingerprint density at radius 1 is 1.56 bits per heavy atom. The van der Waals surface area contributed by atoms with Gasteiger partial charge in [0.1, 0.15) is 0 Å². The van der Waals surface area contributed by atoms with Gasteiger partial charge in [0, 0.05) is 38.4 Å². The molecule has 0 aliphatic heterocycles. The second-order valence-corrected chi connectivity index (χ2v) is 5.13. The van der Waals surface area contributed by atoms with Gasteiger partial charge in [-0.2, -0.15) is 5.10 Å². The molecule has 1 aliphatic carbocycles. The third kappa shape index (κ3) is 3.57. The first-order chi connectivity index (χ1) is 8.65. The fourth-order valence-corrected chi connectivity index (χ4v) is 2.41. The highest BCUT2D eigenvalue weighted by Gasteiger charge is 2.16. The minimum Gasteiger partial charge on any atom is -0.340 e. The number of rotatable bonds is 5. The average molecular weight is 250 g/mol. The van der Waals surface area contributed by atoms with Crippen LogP contribution >= 0.6 is 0 Å². The van der Waals surface area contributed by atoms with Crippen LogP contribution in [-0.4, -0.2) is 40.2 Å². The fourth-order valence-electron chi connectivity index (χ4n) is 2.41. The highest BCUT2D eigenvalue weighted by atomic mass is 16.2. The Morgan fingerprint density at radius 2 is 2.28 bits per heavy atom. The molecule has 18 heavy (non-hydrogen) atoms. The summed E-state index contributed by atoms with van der Waals surface area (Å²) >= 11 is 0. The zero-order valence-corrected chi connectivity index (χ0v) is 11.2. The van der Waals surface area contributed by atoms with Gasteiger partial charge in [-0.05, 0) is 12.8 Å². The molecule has 0 bridgehead atoms. The van der Waals surface area contributed by atoms with Crippen molar-refractivity contribution in [2.24, 2.45) is 7.05 Å². The first-order valence-corrected chi connectivity index (χ1v) is 6.60. The second-order valence-electron chi connectivity index (χ2n) is 5.13. The van der Waals surface area contributed by atoms with E-state index in [-0.39, 0.29) is 5.91 Å². The van der Waals surface area contributed by atoms with Crippen LogP contribution in [-0.2, 0) is 18.4 Å². The molecule has 1 aromatic rings. The Morgan fingerprint density at radius 3 is 2.89 bits per heavy atom. The Bertz CT molecular complexity index is 395. The van der Waals surface area contributed by atoms with Crippen molar-refractivity contribution in [3.63, 3.8) is 0 Å². The predicted octanol–water partition coefficient (Wildman–Crippen LogP) is 0.911. The normalized spacial score (nSPS) is 16.1. The van der Waals surface area contributed by atoms with Gasteiger partial charge < -0.3 is 10.2 Å². The maximum atomic E-state index is 11.9. The number of aromatic nitrogens is 2. The van der Waals surface area contributed by atoms with Crippen molar-refractivity contribution in [3.8, 4) is 0 Å². The summed E-state index contributed by atoms with van der Waals surface area (Å²) in [5.74, 6) is 0.144. The number of amides is 1. The number of hydrogen-bond donors (Lipinski definition) is 1. The van der Waals surface area contributed by atoms with E-state index in [9.17, 15) is 4.79 Å². The summed E-state index contributed by atoms with van der Waals surface area (Å²) in [7, 11) is 3.72. The Labute approximate surface area is 108 Å². The van der Waals surface area contributed by atoms with Crippen LogP contribution in [0.2, 0.25) is 0 Å². The predicted molar refractivity (Wildman–Crippen MR) is 69.9 cm³/mol. The molecule has 0 saturated heterocycles. The van der Waals surface area contributed by atoms with E-state index in [1.165, 1.54) is 25.7 Å².